The monoisotopic (exact) mass is 237 g/mol. The van der Waals surface area contributed by atoms with Crippen LogP contribution in [0.4, 0.5) is 5.69 Å². The normalized spacial score (nSPS) is 11.9. The van der Waals surface area contributed by atoms with Crippen LogP contribution < -0.4 is 10.5 Å². The Labute approximate surface area is 99.0 Å². The zero-order valence-corrected chi connectivity index (χ0v) is 9.77. The molecule has 0 heterocycles. The van der Waals surface area contributed by atoms with Gasteiger partial charge in [-0.1, -0.05) is 6.07 Å². The Bertz CT molecular complexity index is 446. The van der Waals surface area contributed by atoms with E-state index in [0.717, 1.165) is 0 Å². The molecule has 3 N–H and O–H groups in total. The third-order valence-corrected chi connectivity index (χ3v) is 2.29. The third-order valence-electron chi connectivity index (χ3n) is 2.29. The number of nitrogens with two attached hydrogens (primary N) is 1. The maximum atomic E-state index is 10.7. The number of nitrogens with zero attached hydrogens (tertiary/aromatic N) is 1. The summed E-state index contributed by atoms with van der Waals surface area (Å²) < 4.78 is 5.52. The van der Waals surface area contributed by atoms with Crippen molar-refractivity contribution in [1.82, 2.24) is 0 Å². The van der Waals surface area contributed by atoms with Crippen LogP contribution in [0.5, 0.6) is 5.75 Å². The Morgan fingerprint density at radius 3 is 2.82 bits per heavy atom. The SMILES string of the molecule is Cc1c(OC(C)CC(=N)N)cccc1[N+](=O)[O-]. The number of nitro benzene ring substituents is 1. The lowest BCUT2D eigenvalue weighted by Gasteiger charge is -2.15. The van der Waals surface area contributed by atoms with Gasteiger partial charge in [0.25, 0.3) is 5.69 Å². The standard InChI is InChI=1S/C11H15N3O3/c1-7(6-11(12)13)17-10-5-3-4-9(8(10)2)14(15)16/h3-5,7H,6H2,1-2H3,(H3,12,13). The van der Waals surface area contributed by atoms with Crippen molar-refractivity contribution in [2.45, 2.75) is 26.4 Å². The Kier molecular flexibility index (Phi) is 4.03. The van der Waals surface area contributed by atoms with Crippen LogP contribution in [0.25, 0.3) is 0 Å². The molecule has 6 nitrogen and oxygen atoms in total. The van der Waals surface area contributed by atoms with E-state index in [4.69, 9.17) is 15.9 Å². The van der Waals surface area contributed by atoms with E-state index < -0.39 is 4.92 Å². The molecule has 0 spiro atoms. The summed E-state index contributed by atoms with van der Waals surface area (Å²) in [5.41, 5.74) is 5.76. The Balaban J connectivity index is 2.88. The molecule has 0 bridgehead atoms. The largest absolute Gasteiger partial charge is 0.490 e. The van der Waals surface area contributed by atoms with Crippen LogP contribution in [0.3, 0.4) is 0 Å². The van der Waals surface area contributed by atoms with Crippen LogP contribution in [0, 0.1) is 22.4 Å². The van der Waals surface area contributed by atoms with E-state index in [2.05, 4.69) is 0 Å². The maximum absolute atomic E-state index is 10.7. The van der Waals surface area contributed by atoms with Gasteiger partial charge in [0.2, 0.25) is 0 Å². The van der Waals surface area contributed by atoms with Gasteiger partial charge in [-0.3, -0.25) is 15.5 Å². The first-order chi connectivity index (χ1) is 7.91. The highest BCUT2D eigenvalue weighted by Crippen LogP contribution is 2.27. The van der Waals surface area contributed by atoms with Crippen LogP contribution in [0.2, 0.25) is 0 Å². The van der Waals surface area contributed by atoms with Crippen LogP contribution in [-0.2, 0) is 0 Å². The molecule has 0 aliphatic rings. The van der Waals surface area contributed by atoms with Crippen molar-refractivity contribution in [3.63, 3.8) is 0 Å². The van der Waals surface area contributed by atoms with Gasteiger partial charge in [-0.2, -0.15) is 0 Å². The first kappa shape index (κ1) is 13.0. The highest BCUT2D eigenvalue weighted by molar-refractivity contribution is 5.77. The fraction of sp³-hybridized carbons (Fsp3) is 0.364. The molecule has 0 radical (unpaired) electrons. The summed E-state index contributed by atoms with van der Waals surface area (Å²) in [6.45, 7) is 3.40. The zero-order valence-electron chi connectivity index (χ0n) is 9.77. The third kappa shape index (κ3) is 3.44. The average Bonchev–Trinajstić information content (AvgIpc) is 2.19. The maximum Gasteiger partial charge on any atom is 0.276 e. The summed E-state index contributed by atoms with van der Waals surface area (Å²) in [7, 11) is 0. The molecular formula is C11H15N3O3. The predicted molar refractivity (Wildman–Crippen MR) is 64.5 cm³/mol. The van der Waals surface area contributed by atoms with Crippen molar-refractivity contribution in [3.05, 3.63) is 33.9 Å². The van der Waals surface area contributed by atoms with Gasteiger partial charge in [0.05, 0.1) is 16.3 Å². The number of nitro groups is 1. The van der Waals surface area contributed by atoms with Gasteiger partial charge in [0.15, 0.2) is 0 Å². The minimum atomic E-state index is -0.447. The molecule has 1 atom stereocenters. The molecule has 0 saturated carbocycles. The summed E-state index contributed by atoms with van der Waals surface area (Å²) in [4.78, 5) is 10.3. The highest BCUT2D eigenvalue weighted by atomic mass is 16.6. The molecule has 0 aliphatic heterocycles. The van der Waals surface area contributed by atoms with E-state index >= 15 is 0 Å². The lowest BCUT2D eigenvalue weighted by atomic mass is 10.2. The first-order valence-electron chi connectivity index (χ1n) is 5.15. The van der Waals surface area contributed by atoms with E-state index in [1.165, 1.54) is 6.07 Å². The number of ether oxygens (including phenoxy) is 1. The lowest BCUT2D eigenvalue weighted by Crippen LogP contribution is -2.22. The van der Waals surface area contributed by atoms with Gasteiger partial charge < -0.3 is 10.5 Å². The molecule has 0 fully saturated rings. The number of hydrogen-bond acceptors (Lipinski definition) is 4. The molecule has 92 valence electrons. The minimum absolute atomic E-state index is 0.0255. The smallest absolute Gasteiger partial charge is 0.276 e. The second-order valence-electron chi connectivity index (χ2n) is 3.82. The molecule has 6 heteroatoms. The summed E-state index contributed by atoms with van der Waals surface area (Å²) in [5.74, 6) is 0.480. The van der Waals surface area contributed by atoms with Crippen molar-refractivity contribution < 1.29 is 9.66 Å². The minimum Gasteiger partial charge on any atom is -0.490 e. The number of hydrogen-bond donors (Lipinski definition) is 2. The van der Waals surface area contributed by atoms with Crippen molar-refractivity contribution in [2.24, 2.45) is 5.73 Å². The summed E-state index contributed by atoms with van der Waals surface area (Å²) in [5, 5.41) is 17.9. The van der Waals surface area contributed by atoms with Gasteiger partial charge >= 0.3 is 0 Å². The molecule has 0 aliphatic carbocycles. The van der Waals surface area contributed by atoms with Gasteiger partial charge in [-0.25, -0.2) is 0 Å². The molecule has 1 rings (SSSR count). The van der Waals surface area contributed by atoms with E-state index in [-0.39, 0.29) is 17.6 Å². The van der Waals surface area contributed by atoms with Gasteiger partial charge in [0, 0.05) is 12.5 Å². The molecule has 1 aromatic carbocycles. The number of amidine groups is 1. The first-order valence-corrected chi connectivity index (χ1v) is 5.15. The van der Waals surface area contributed by atoms with Crippen molar-refractivity contribution in [3.8, 4) is 5.75 Å². The van der Waals surface area contributed by atoms with Gasteiger partial charge in [-0.05, 0) is 19.9 Å². The van der Waals surface area contributed by atoms with Crippen LogP contribution in [0.15, 0.2) is 18.2 Å². The fourth-order valence-corrected chi connectivity index (χ4v) is 1.50. The second kappa shape index (κ2) is 5.29. The molecular weight excluding hydrogens is 222 g/mol. The predicted octanol–water partition coefficient (Wildman–Crippen LogP) is 2.00. The van der Waals surface area contributed by atoms with Gasteiger partial charge in [0.1, 0.15) is 11.9 Å². The quantitative estimate of drug-likeness (QED) is 0.354. The average molecular weight is 237 g/mol. The molecule has 0 amide bonds. The van der Waals surface area contributed by atoms with Crippen molar-refractivity contribution in [1.29, 1.82) is 5.41 Å². The summed E-state index contributed by atoms with van der Waals surface area (Å²) >= 11 is 0. The van der Waals surface area contributed by atoms with E-state index in [9.17, 15) is 10.1 Å². The van der Waals surface area contributed by atoms with E-state index in [1.54, 1.807) is 26.0 Å². The van der Waals surface area contributed by atoms with Crippen LogP contribution in [0.1, 0.15) is 18.9 Å². The lowest BCUT2D eigenvalue weighted by molar-refractivity contribution is -0.385. The summed E-state index contributed by atoms with van der Waals surface area (Å²) in [6.07, 6.45) is 0.00971. The van der Waals surface area contributed by atoms with Crippen molar-refractivity contribution >= 4 is 11.5 Å². The molecule has 1 aromatic rings. The second-order valence-corrected chi connectivity index (χ2v) is 3.82. The van der Waals surface area contributed by atoms with E-state index in [0.29, 0.717) is 17.7 Å². The molecule has 17 heavy (non-hydrogen) atoms. The Morgan fingerprint density at radius 1 is 1.65 bits per heavy atom. The molecule has 0 aromatic heterocycles. The van der Waals surface area contributed by atoms with Gasteiger partial charge in [-0.15, -0.1) is 0 Å². The highest BCUT2D eigenvalue weighted by Gasteiger charge is 2.16. The zero-order chi connectivity index (χ0) is 13.0. The fourth-order valence-electron chi connectivity index (χ4n) is 1.50. The number of nitrogens with one attached hydrogen (secondary N) is 1. The van der Waals surface area contributed by atoms with Crippen LogP contribution in [-0.4, -0.2) is 16.9 Å². The molecule has 0 saturated heterocycles. The number of benzene rings is 1. The van der Waals surface area contributed by atoms with Crippen LogP contribution >= 0.6 is 0 Å². The van der Waals surface area contributed by atoms with Crippen molar-refractivity contribution in [2.75, 3.05) is 0 Å². The van der Waals surface area contributed by atoms with E-state index in [1.807, 2.05) is 0 Å². The Hall–Kier alpha value is -2.11. The number of rotatable bonds is 5. The Morgan fingerprint density at radius 2 is 2.29 bits per heavy atom. The summed E-state index contributed by atoms with van der Waals surface area (Å²) in [6, 6.07) is 4.66. The topological polar surface area (TPSA) is 102 Å². The molecule has 1 unspecified atom stereocenters.